The number of carbonyl (C=O) groups excluding carboxylic acids is 1. The van der Waals surface area contributed by atoms with Crippen LogP contribution in [0, 0.1) is 0 Å². The highest BCUT2D eigenvalue weighted by atomic mass is 32.2. The van der Waals surface area contributed by atoms with E-state index in [2.05, 4.69) is 35.8 Å². The zero-order valence-corrected chi connectivity index (χ0v) is 11.9. The number of hydrogen-bond acceptors (Lipinski definition) is 3. The van der Waals surface area contributed by atoms with Crippen LogP contribution in [-0.2, 0) is 4.79 Å². The molecular formula is C13H24N2OS. The van der Waals surface area contributed by atoms with E-state index in [1.165, 1.54) is 25.0 Å². The van der Waals surface area contributed by atoms with Gasteiger partial charge in [0.1, 0.15) is 0 Å². The molecule has 1 saturated carbocycles. The van der Waals surface area contributed by atoms with Crippen molar-refractivity contribution in [3.63, 3.8) is 0 Å². The molecule has 4 unspecified atom stereocenters. The lowest BCUT2D eigenvalue weighted by Crippen LogP contribution is -2.43. The van der Waals surface area contributed by atoms with Gasteiger partial charge in [0.2, 0.25) is 5.91 Å². The molecule has 2 rings (SSSR count). The van der Waals surface area contributed by atoms with Crippen LogP contribution in [0.2, 0.25) is 0 Å². The summed E-state index contributed by atoms with van der Waals surface area (Å²) in [6, 6.07) is 0.492. The van der Waals surface area contributed by atoms with Crippen LogP contribution in [-0.4, -0.2) is 40.1 Å². The van der Waals surface area contributed by atoms with Crippen molar-refractivity contribution < 1.29 is 4.79 Å². The Balaban J connectivity index is 1.99. The van der Waals surface area contributed by atoms with E-state index >= 15 is 0 Å². The number of amides is 1. The Labute approximate surface area is 109 Å². The van der Waals surface area contributed by atoms with Gasteiger partial charge in [-0.3, -0.25) is 10.1 Å². The SMILES string of the molecule is CCSC1CCC(N2C(=O)C(C)NC2CC)C1. The lowest BCUT2D eigenvalue weighted by molar-refractivity contribution is -0.131. The first-order valence-corrected chi connectivity index (χ1v) is 7.92. The monoisotopic (exact) mass is 256 g/mol. The van der Waals surface area contributed by atoms with Crippen LogP contribution < -0.4 is 5.32 Å². The predicted octanol–water partition coefficient (Wildman–Crippen LogP) is 2.22. The van der Waals surface area contributed by atoms with Crippen molar-refractivity contribution in [2.45, 2.75) is 70.0 Å². The van der Waals surface area contributed by atoms with Gasteiger partial charge >= 0.3 is 0 Å². The maximum absolute atomic E-state index is 12.2. The molecule has 2 aliphatic rings. The summed E-state index contributed by atoms with van der Waals surface area (Å²) in [4.78, 5) is 14.3. The maximum atomic E-state index is 12.2. The lowest BCUT2D eigenvalue weighted by Gasteiger charge is -2.29. The van der Waals surface area contributed by atoms with Gasteiger partial charge in [-0.1, -0.05) is 13.8 Å². The van der Waals surface area contributed by atoms with Crippen molar-refractivity contribution in [2.24, 2.45) is 0 Å². The number of hydrogen-bond donors (Lipinski definition) is 1. The number of thioether (sulfide) groups is 1. The smallest absolute Gasteiger partial charge is 0.240 e. The highest BCUT2D eigenvalue weighted by Gasteiger charge is 2.41. The van der Waals surface area contributed by atoms with Crippen LogP contribution in [0.5, 0.6) is 0 Å². The zero-order chi connectivity index (χ0) is 12.4. The van der Waals surface area contributed by atoms with E-state index in [9.17, 15) is 4.79 Å². The van der Waals surface area contributed by atoms with E-state index in [0.29, 0.717) is 11.9 Å². The summed E-state index contributed by atoms with van der Waals surface area (Å²) < 4.78 is 0. The molecule has 0 aromatic rings. The average Bonchev–Trinajstić information content (AvgIpc) is 2.86. The normalized spacial score (nSPS) is 38.1. The first kappa shape index (κ1) is 13.2. The maximum Gasteiger partial charge on any atom is 0.240 e. The van der Waals surface area contributed by atoms with Gasteiger partial charge < -0.3 is 4.90 Å². The second-order valence-electron chi connectivity index (χ2n) is 5.10. The topological polar surface area (TPSA) is 32.3 Å². The molecular weight excluding hydrogens is 232 g/mol. The zero-order valence-electron chi connectivity index (χ0n) is 11.1. The average molecular weight is 256 g/mol. The molecule has 1 aliphatic heterocycles. The fraction of sp³-hybridized carbons (Fsp3) is 0.923. The standard InChI is InChI=1S/C13H24N2OS/c1-4-12-14-9(3)13(16)15(12)10-6-7-11(8-10)17-5-2/h9-12,14H,4-8H2,1-3H3. The quantitative estimate of drug-likeness (QED) is 0.837. The Kier molecular flexibility index (Phi) is 4.36. The summed E-state index contributed by atoms with van der Waals surface area (Å²) in [6.07, 6.45) is 4.94. The van der Waals surface area contributed by atoms with E-state index in [1.54, 1.807) is 0 Å². The minimum absolute atomic E-state index is 0.0119. The molecule has 2 fully saturated rings. The molecule has 1 heterocycles. The Bertz CT molecular complexity index is 285. The lowest BCUT2D eigenvalue weighted by atomic mass is 10.2. The molecule has 1 amide bonds. The molecule has 0 aromatic heterocycles. The fourth-order valence-electron chi connectivity index (χ4n) is 3.12. The first-order chi connectivity index (χ1) is 8.17. The predicted molar refractivity (Wildman–Crippen MR) is 73.1 cm³/mol. The molecule has 0 aromatic carbocycles. The van der Waals surface area contributed by atoms with E-state index in [4.69, 9.17) is 0 Å². The van der Waals surface area contributed by atoms with Crippen LogP contribution in [0.15, 0.2) is 0 Å². The second-order valence-corrected chi connectivity index (χ2v) is 6.68. The Morgan fingerprint density at radius 3 is 2.82 bits per heavy atom. The van der Waals surface area contributed by atoms with Crippen LogP contribution >= 0.6 is 11.8 Å². The minimum Gasteiger partial charge on any atom is -0.323 e. The highest BCUT2D eigenvalue weighted by Crippen LogP contribution is 2.35. The molecule has 0 spiro atoms. The molecule has 0 bridgehead atoms. The third kappa shape index (κ3) is 2.63. The van der Waals surface area contributed by atoms with Gasteiger partial charge in [0, 0.05) is 11.3 Å². The van der Waals surface area contributed by atoms with Gasteiger partial charge in [-0.25, -0.2) is 0 Å². The molecule has 1 N–H and O–H groups in total. The fourth-order valence-corrected chi connectivity index (χ4v) is 4.26. The summed E-state index contributed by atoms with van der Waals surface area (Å²) in [5.74, 6) is 1.50. The number of nitrogens with one attached hydrogen (secondary N) is 1. The van der Waals surface area contributed by atoms with Gasteiger partial charge in [-0.05, 0) is 38.4 Å². The Hall–Kier alpha value is -0.220. The molecule has 4 heteroatoms. The summed E-state index contributed by atoms with van der Waals surface area (Å²) in [5.41, 5.74) is 0. The van der Waals surface area contributed by atoms with Crippen molar-refractivity contribution in [1.29, 1.82) is 0 Å². The third-order valence-corrected chi connectivity index (χ3v) is 5.18. The largest absolute Gasteiger partial charge is 0.323 e. The third-order valence-electron chi connectivity index (χ3n) is 3.94. The summed E-state index contributed by atoms with van der Waals surface area (Å²) >= 11 is 2.05. The van der Waals surface area contributed by atoms with Crippen molar-refractivity contribution in [3.8, 4) is 0 Å². The number of nitrogens with zero attached hydrogens (tertiary/aromatic N) is 1. The second kappa shape index (κ2) is 5.61. The van der Waals surface area contributed by atoms with Gasteiger partial charge in [-0.2, -0.15) is 11.8 Å². The molecule has 0 radical (unpaired) electrons. The number of carbonyl (C=O) groups is 1. The van der Waals surface area contributed by atoms with Crippen molar-refractivity contribution in [3.05, 3.63) is 0 Å². The molecule has 3 nitrogen and oxygen atoms in total. The van der Waals surface area contributed by atoms with E-state index in [0.717, 1.165) is 11.7 Å². The molecule has 1 saturated heterocycles. The van der Waals surface area contributed by atoms with Crippen molar-refractivity contribution in [1.82, 2.24) is 10.2 Å². The highest BCUT2D eigenvalue weighted by molar-refractivity contribution is 7.99. The van der Waals surface area contributed by atoms with Crippen LogP contribution in [0.1, 0.15) is 46.5 Å². The van der Waals surface area contributed by atoms with Crippen molar-refractivity contribution in [2.75, 3.05) is 5.75 Å². The van der Waals surface area contributed by atoms with Gasteiger partial charge in [0.25, 0.3) is 0 Å². The minimum atomic E-state index is 0.0119. The molecule has 4 atom stereocenters. The van der Waals surface area contributed by atoms with Gasteiger partial charge in [-0.15, -0.1) is 0 Å². The van der Waals surface area contributed by atoms with Crippen LogP contribution in [0.25, 0.3) is 0 Å². The molecule has 1 aliphatic carbocycles. The van der Waals surface area contributed by atoms with Gasteiger partial charge in [0.05, 0.1) is 12.2 Å². The van der Waals surface area contributed by atoms with E-state index < -0.39 is 0 Å². The van der Waals surface area contributed by atoms with Crippen LogP contribution in [0.3, 0.4) is 0 Å². The summed E-state index contributed by atoms with van der Waals surface area (Å²) in [5, 5.41) is 4.17. The van der Waals surface area contributed by atoms with Crippen molar-refractivity contribution >= 4 is 17.7 Å². The van der Waals surface area contributed by atoms with Crippen LogP contribution in [0.4, 0.5) is 0 Å². The summed E-state index contributed by atoms with van der Waals surface area (Å²) in [6.45, 7) is 6.36. The first-order valence-electron chi connectivity index (χ1n) is 6.87. The van der Waals surface area contributed by atoms with Gasteiger partial charge in [0.15, 0.2) is 0 Å². The van der Waals surface area contributed by atoms with E-state index in [-0.39, 0.29) is 12.2 Å². The molecule has 17 heavy (non-hydrogen) atoms. The number of rotatable bonds is 4. The Morgan fingerprint density at radius 1 is 1.41 bits per heavy atom. The van der Waals surface area contributed by atoms with E-state index in [1.807, 2.05) is 6.92 Å². The Morgan fingerprint density at radius 2 is 2.18 bits per heavy atom. The summed E-state index contributed by atoms with van der Waals surface area (Å²) in [7, 11) is 0. The molecule has 98 valence electrons.